The summed E-state index contributed by atoms with van der Waals surface area (Å²) in [5.74, 6) is 0.857. The molecule has 1 saturated carbocycles. The molecule has 4 rings (SSSR count). The Balaban J connectivity index is 1.95. The molecule has 0 nitrogen and oxygen atoms in total. The zero-order valence-corrected chi connectivity index (χ0v) is 11.0. The number of hydrogen-bond acceptors (Lipinski definition) is 0. The van der Waals surface area contributed by atoms with Crippen molar-refractivity contribution in [2.45, 2.75) is 24.7 Å². The van der Waals surface area contributed by atoms with Crippen LogP contribution in [0.3, 0.4) is 0 Å². The summed E-state index contributed by atoms with van der Waals surface area (Å²) in [4.78, 5) is 0. The minimum Gasteiger partial charge on any atom is -0.0838 e. The number of benzene rings is 2. The fraction of sp³-hybridized carbons (Fsp3) is 0.263. The van der Waals surface area contributed by atoms with Crippen molar-refractivity contribution in [3.63, 3.8) is 0 Å². The zero-order valence-electron chi connectivity index (χ0n) is 11.0. The molecule has 0 aromatic heterocycles. The van der Waals surface area contributed by atoms with Crippen molar-refractivity contribution in [1.82, 2.24) is 0 Å². The SMILES string of the molecule is C1=C2CC(C1)CC2(c1ccccc1)c1ccccc1. The molecule has 0 heteroatoms. The van der Waals surface area contributed by atoms with E-state index in [1.807, 2.05) is 0 Å². The van der Waals surface area contributed by atoms with Gasteiger partial charge in [-0.25, -0.2) is 0 Å². The van der Waals surface area contributed by atoms with Gasteiger partial charge in [0.1, 0.15) is 0 Å². The Morgan fingerprint density at radius 2 is 1.37 bits per heavy atom. The van der Waals surface area contributed by atoms with Gasteiger partial charge in [-0.3, -0.25) is 0 Å². The van der Waals surface area contributed by atoms with Crippen LogP contribution in [0.25, 0.3) is 0 Å². The molecule has 2 aromatic carbocycles. The van der Waals surface area contributed by atoms with Crippen LogP contribution in [0.2, 0.25) is 0 Å². The molecule has 19 heavy (non-hydrogen) atoms. The van der Waals surface area contributed by atoms with E-state index < -0.39 is 0 Å². The van der Waals surface area contributed by atoms with Crippen LogP contribution < -0.4 is 0 Å². The first-order chi connectivity index (χ1) is 9.39. The van der Waals surface area contributed by atoms with Gasteiger partial charge in [-0.05, 0) is 36.3 Å². The second kappa shape index (κ2) is 4.09. The Morgan fingerprint density at radius 1 is 0.789 bits per heavy atom. The van der Waals surface area contributed by atoms with E-state index in [9.17, 15) is 0 Å². The summed E-state index contributed by atoms with van der Waals surface area (Å²) in [5, 5.41) is 0. The first-order valence-corrected chi connectivity index (χ1v) is 7.20. The first kappa shape index (κ1) is 11.0. The molecule has 2 aliphatic rings. The lowest BCUT2D eigenvalue weighted by Gasteiger charge is -2.34. The third-order valence-corrected chi connectivity index (χ3v) is 4.88. The molecule has 0 amide bonds. The van der Waals surface area contributed by atoms with Crippen LogP contribution in [0.4, 0.5) is 0 Å². The predicted octanol–water partition coefficient (Wildman–Crippen LogP) is 4.71. The third-order valence-electron chi connectivity index (χ3n) is 4.88. The van der Waals surface area contributed by atoms with Gasteiger partial charge >= 0.3 is 0 Å². The highest BCUT2D eigenvalue weighted by molar-refractivity contribution is 5.52. The molecule has 0 N–H and O–H groups in total. The lowest BCUT2D eigenvalue weighted by atomic mass is 9.68. The molecule has 2 aromatic rings. The Labute approximate surface area is 114 Å². The number of fused-ring (bicyclic) bond motifs is 2. The van der Waals surface area contributed by atoms with Crippen molar-refractivity contribution in [1.29, 1.82) is 0 Å². The van der Waals surface area contributed by atoms with Crippen LogP contribution in [0.1, 0.15) is 30.4 Å². The molecule has 1 unspecified atom stereocenters. The molecular formula is C19H18. The van der Waals surface area contributed by atoms with Gasteiger partial charge in [0.05, 0.1) is 0 Å². The van der Waals surface area contributed by atoms with Crippen LogP contribution in [0, 0.1) is 5.92 Å². The molecule has 1 atom stereocenters. The maximum atomic E-state index is 2.49. The lowest BCUT2D eigenvalue weighted by molar-refractivity contribution is 0.484. The molecule has 0 spiro atoms. The summed E-state index contributed by atoms with van der Waals surface area (Å²) in [6, 6.07) is 22.1. The Morgan fingerprint density at radius 3 is 1.79 bits per heavy atom. The normalized spacial score (nSPS) is 23.4. The molecule has 0 saturated heterocycles. The highest BCUT2D eigenvalue weighted by Gasteiger charge is 2.47. The molecule has 1 fully saturated rings. The van der Waals surface area contributed by atoms with Gasteiger partial charge < -0.3 is 0 Å². The Bertz CT molecular complexity index is 568. The van der Waals surface area contributed by atoms with Gasteiger partial charge in [0.2, 0.25) is 0 Å². The van der Waals surface area contributed by atoms with Crippen molar-refractivity contribution >= 4 is 0 Å². The summed E-state index contributed by atoms with van der Waals surface area (Å²) in [6.45, 7) is 0. The molecule has 0 radical (unpaired) electrons. The topological polar surface area (TPSA) is 0 Å². The minimum atomic E-state index is 0.158. The number of rotatable bonds is 2. The highest BCUT2D eigenvalue weighted by Crippen LogP contribution is 2.56. The van der Waals surface area contributed by atoms with Gasteiger partial charge in [0.25, 0.3) is 0 Å². The average Bonchev–Trinajstić information content (AvgIpc) is 3.10. The third kappa shape index (κ3) is 1.53. The monoisotopic (exact) mass is 246 g/mol. The maximum absolute atomic E-state index is 2.49. The summed E-state index contributed by atoms with van der Waals surface area (Å²) in [6.07, 6.45) is 6.36. The smallest absolute Gasteiger partial charge is 0.0414 e. The molecule has 2 bridgehead atoms. The fourth-order valence-electron chi connectivity index (χ4n) is 4.07. The van der Waals surface area contributed by atoms with Crippen molar-refractivity contribution in [3.05, 3.63) is 83.4 Å². The quantitative estimate of drug-likeness (QED) is 0.673. The highest BCUT2D eigenvalue weighted by atomic mass is 14.5. The van der Waals surface area contributed by atoms with E-state index >= 15 is 0 Å². The fourth-order valence-corrected chi connectivity index (χ4v) is 4.07. The van der Waals surface area contributed by atoms with E-state index in [4.69, 9.17) is 0 Å². The second-order valence-corrected chi connectivity index (χ2v) is 5.88. The second-order valence-electron chi connectivity index (χ2n) is 5.88. The van der Waals surface area contributed by atoms with E-state index in [1.165, 1.54) is 30.4 Å². The van der Waals surface area contributed by atoms with Crippen molar-refractivity contribution in [2.75, 3.05) is 0 Å². The molecular weight excluding hydrogens is 228 g/mol. The van der Waals surface area contributed by atoms with Gasteiger partial charge in [0, 0.05) is 5.41 Å². The summed E-state index contributed by atoms with van der Waals surface area (Å²) in [5.41, 5.74) is 4.74. The lowest BCUT2D eigenvalue weighted by Crippen LogP contribution is -2.28. The van der Waals surface area contributed by atoms with Crippen LogP contribution in [-0.4, -0.2) is 0 Å². The van der Waals surface area contributed by atoms with E-state index in [1.54, 1.807) is 5.57 Å². The van der Waals surface area contributed by atoms with Crippen molar-refractivity contribution in [3.8, 4) is 0 Å². The van der Waals surface area contributed by atoms with Gasteiger partial charge in [0.15, 0.2) is 0 Å². The Kier molecular flexibility index (Phi) is 2.38. The summed E-state index contributed by atoms with van der Waals surface area (Å²) >= 11 is 0. The standard InChI is InChI=1S/C19H18/c1-3-7-16(8-4-1)19(17-9-5-2-6-10-17)14-15-11-12-18(19)13-15/h1-10,12,15H,11,13-14H2. The van der Waals surface area contributed by atoms with Crippen molar-refractivity contribution in [2.24, 2.45) is 5.92 Å². The van der Waals surface area contributed by atoms with E-state index in [2.05, 4.69) is 66.7 Å². The molecule has 0 heterocycles. The van der Waals surface area contributed by atoms with Gasteiger partial charge in [-0.1, -0.05) is 72.3 Å². The molecule has 0 aliphatic heterocycles. The Hall–Kier alpha value is -1.82. The summed E-state index contributed by atoms with van der Waals surface area (Å²) in [7, 11) is 0. The average molecular weight is 246 g/mol. The van der Waals surface area contributed by atoms with Gasteiger partial charge in [-0.15, -0.1) is 0 Å². The number of hydrogen-bond donors (Lipinski definition) is 0. The minimum absolute atomic E-state index is 0.158. The van der Waals surface area contributed by atoms with Crippen LogP contribution >= 0.6 is 0 Å². The first-order valence-electron chi connectivity index (χ1n) is 7.20. The van der Waals surface area contributed by atoms with E-state index in [0.29, 0.717) is 0 Å². The van der Waals surface area contributed by atoms with Crippen molar-refractivity contribution < 1.29 is 0 Å². The van der Waals surface area contributed by atoms with Crippen LogP contribution in [0.5, 0.6) is 0 Å². The summed E-state index contributed by atoms with van der Waals surface area (Å²) < 4.78 is 0. The van der Waals surface area contributed by atoms with E-state index in [-0.39, 0.29) is 5.41 Å². The largest absolute Gasteiger partial charge is 0.0838 e. The maximum Gasteiger partial charge on any atom is 0.0414 e. The van der Waals surface area contributed by atoms with Gasteiger partial charge in [-0.2, -0.15) is 0 Å². The van der Waals surface area contributed by atoms with Crippen LogP contribution in [0.15, 0.2) is 72.3 Å². The number of allylic oxidation sites excluding steroid dienone is 2. The van der Waals surface area contributed by atoms with Crippen LogP contribution in [-0.2, 0) is 5.41 Å². The van der Waals surface area contributed by atoms with E-state index in [0.717, 1.165) is 5.92 Å². The predicted molar refractivity (Wildman–Crippen MR) is 79.1 cm³/mol. The molecule has 2 aliphatic carbocycles. The zero-order chi connectivity index (χ0) is 12.7. The molecule has 94 valence electrons.